The van der Waals surface area contributed by atoms with Gasteiger partial charge in [0.05, 0.1) is 5.60 Å². The minimum absolute atomic E-state index is 0.449. The molecule has 1 atom stereocenters. The number of aliphatic hydroxyl groups is 1. The fraction of sp³-hybridized carbons (Fsp3) is 0.500. The third-order valence-electron chi connectivity index (χ3n) is 1.86. The molecule has 0 aliphatic carbocycles. The Balaban J connectivity index is 2.49. The molecule has 2 N–H and O–H groups in total. The SMILES string of the molecule is CSCC(C)(O)CNc1ccnc(Cl)c1. The van der Waals surface area contributed by atoms with Gasteiger partial charge in [-0.25, -0.2) is 4.98 Å². The van der Waals surface area contributed by atoms with E-state index >= 15 is 0 Å². The van der Waals surface area contributed by atoms with Crippen molar-refractivity contribution in [1.29, 1.82) is 0 Å². The molecule has 0 aromatic carbocycles. The highest BCUT2D eigenvalue weighted by atomic mass is 35.5. The van der Waals surface area contributed by atoms with E-state index in [2.05, 4.69) is 10.3 Å². The number of nitrogens with zero attached hydrogens (tertiary/aromatic N) is 1. The predicted molar refractivity (Wildman–Crippen MR) is 66.7 cm³/mol. The molecule has 1 rings (SSSR count). The van der Waals surface area contributed by atoms with Crippen molar-refractivity contribution >= 4 is 29.1 Å². The van der Waals surface area contributed by atoms with Crippen LogP contribution in [0.15, 0.2) is 18.3 Å². The summed E-state index contributed by atoms with van der Waals surface area (Å²) in [6.07, 6.45) is 3.60. The highest BCUT2D eigenvalue weighted by Gasteiger charge is 2.18. The zero-order valence-corrected chi connectivity index (χ0v) is 10.4. The van der Waals surface area contributed by atoms with Crippen molar-refractivity contribution in [2.75, 3.05) is 23.9 Å². The molecule has 0 aliphatic rings. The van der Waals surface area contributed by atoms with Gasteiger partial charge in [0.25, 0.3) is 0 Å². The molecule has 0 spiro atoms. The Bertz CT molecular complexity index is 320. The maximum absolute atomic E-state index is 9.91. The second-order valence-electron chi connectivity index (χ2n) is 3.65. The summed E-state index contributed by atoms with van der Waals surface area (Å²) in [6.45, 7) is 2.30. The second-order valence-corrected chi connectivity index (χ2v) is 4.90. The van der Waals surface area contributed by atoms with Crippen molar-refractivity contribution in [2.24, 2.45) is 0 Å². The molecule has 5 heteroatoms. The number of aromatic nitrogens is 1. The number of nitrogens with one attached hydrogen (secondary N) is 1. The minimum atomic E-state index is -0.713. The highest BCUT2D eigenvalue weighted by molar-refractivity contribution is 7.98. The number of rotatable bonds is 5. The standard InChI is InChI=1S/C10H15ClN2OS/c1-10(14,7-15-2)6-13-8-3-4-12-9(11)5-8/h3-5,14H,6-7H2,1-2H3,(H,12,13). The lowest BCUT2D eigenvalue weighted by Crippen LogP contribution is -2.36. The zero-order valence-electron chi connectivity index (χ0n) is 8.83. The molecular weight excluding hydrogens is 232 g/mol. The fourth-order valence-corrected chi connectivity index (χ4v) is 2.06. The van der Waals surface area contributed by atoms with E-state index in [4.69, 9.17) is 11.6 Å². The van der Waals surface area contributed by atoms with E-state index in [0.29, 0.717) is 17.5 Å². The van der Waals surface area contributed by atoms with Crippen LogP contribution in [0.3, 0.4) is 0 Å². The van der Waals surface area contributed by atoms with Crippen molar-refractivity contribution in [2.45, 2.75) is 12.5 Å². The first kappa shape index (κ1) is 12.6. The average Bonchev–Trinajstić information content (AvgIpc) is 2.15. The summed E-state index contributed by atoms with van der Waals surface area (Å²) in [4.78, 5) is 3.88. The van der Waals surface area contributed by atoms with Crippen molar-refractivity contribution < 1.29 is 5.11 Å². The first-order valence-electron chi connectivity index (χ1n) is 4.60. The van der Waals surface area contributed by atoms with Crippen LogP contribution in [-0.4, -0.2) is 34.2 Å². The van der Waals surface area contributed by atoms with Crippen molar-refractivity contribution in [3.63, 3.8) is 0 Å². The Morgan fingerprint density at radius 2 is 2.40 bits per heavy atom. The van der Waals surface area contributed by atoms with Gasteiger partial charge in [-0.2, -0.15) is 11.8 Å². The largest absolute Gasteiger partial charge is 0.387 e. The van der Waals surface area contributed by atoms with Gasteiger partial charge in [0.2, 0.25) is 0 Å². The summed E-state index contributed by atoms with van der Waals surface area (Å²) in [5.41, 5.74) is 0.159. The average molecular weight is 247 g/mol. The summed E-state index contributed by atoms with van der Waals surface area (Å²) in [5.74, 6) is 0.693. The van der Waals surface area contributed by atoms with Crippen LogP contribution < -0.4 is 5.32 Å². The number of anilines is 1. The van der Waals surface area contributed by atoms with E-state index in [0.717, 1.165) is 5.69 Å². The van der Waals surface area contributed by atoms with Gasteiger partial charge in [-0.15, -0.1) is 0 Å². The van der Waals surface area contributed by atoms with Gasteiger partial charge in [-0.3, -0.25) is 0 Å². The maximum atomic E-state index is 9.91. The molecule has 15 heavy (non-hydrogen) atoms. The van der Waals surface area contributed by atoms with Gasteiger partial charge in [0.15, 0.2) is 0 Å². The molecule has 0 bridgehead atoms. The number of hydrogen-bond acceptors (Lipinski definition) is 4. The van der Waals surface area contributed by atoms with Crippen LogP contribution in [-0.2, 0) is 0 Å². The van der Waals surface area contributed by atoms with Crippen LogP contribution >= 0.6 is 23.4 Å². The van der Waals surface area contributed by atoms with E-state index < -0.39 is 5.60 Å². The molecule has 3 nitrogen and oxygen atoms in total. The Morgan fingerprint density at radius 1 is 1.67 bits per heavy atom. The van der Waals surface area contributed by atoms with Crippen LogP contribution in [0.2, 0.25) is 5.15 Å². The first-order chi connectivity index (χ1) is 7.03. The van der Waals surface area contributed by atoms with E-state index in [9.17, 15) is 5.11 Å². The Morgan fingerprint density at radius 3 is 3.00 bits per heavy atom. The lowest BCUT2D eigenvalue weighted by molar-refractivity contribution is 0.0997. The number of pyridine rings is 1. The molecular formula is C10H15ClN2OS. The molecule has 1 aromatic heterocycles. The second kappa shape index (κ2) is 5.58. The van der Waals surface area contributed by atoms with Gasteiger partial charge in [-0.1, -0.05) is 11.6 Å². The third-order valence-corrected chi connectivity index (χ3v) is 2.97. The van der Waals surface area contributed by atoms with Crippen LogP contribution in [0.25, 0.3) is 0 Å². The van der Waals surface area contributed by atoms with Crippen LogP contribution in [0.5, 0.6) is 0 Å². The maximum Gasteiger partial charge on any atom is 0.131 e. The predicted octanol–water partition coefficient (Wildman–Crippen LogP) is 2.26. The quantitative estimate of drug-likeness (QED) is 0.783. The number of halogens is 1. The summed E-state index contributed by atoms with van der Waals surface area (Å²) in [6, 6.07) is 3.55. The number of hydrogen-bond donors (Lipinski definition) is 2. The van der Waals surface area contributed by atoms with Crippen LogP contribution in [0.4, 0.5) is 5.69 Å². The van der Waals surface area contributed by atoms with Gasteiger partial charge in [-0.05, 0) is 25.3 Å². The van der Waals surface area contributed by atoms with Gasteiger partial charge in [0, 0.05) is 24.2 Å². The summed E-state index contributed by atoms with van der Waals surface area (Å²) in [5, 5.41) is 13.5. The van der Waals surface area contributed by atoms with Crippen LogP contribution in [0.1, 0.15) is 6.92 Å². The normalized spacial score (nSPS) is 14.7. The van der Waals surface area contributed by atoms with Crippen molar-refractivity contribution in [3.05, 3.63) is 23.5 Å². The number of thioether (sulfide) groups is 1. The lowest BCUT2D eigenvalue weighted by atomic mass is 10.1. The minimum Gasteiger partial charge on any atom is -0.387 e. The monoisotopic (exact) mass is 246 g/mol. The van der Waals surface area contributed by atoms with E-state index in [1.807, 2.05) is 12.3 Å². The molecule has 1 unspecified atom stereocenters. The summed E-state index contributed by atoms with van der Waals surface area (Å²) in [7, 11) is 0. The van der Waals surface area contributed by atoms with E-state index in [1.54, 1.807) is 30.9 Å². The molecule has 0 aliphatic heterocycles. The molecule has 84 valence electrons. The fourth-order valence-electron chi connectivity index (χ4n) is 1.17. The van der Waals surface area contributed by atoms with Crippen molar-refractivity contribution in [3.8, 4) is 0 Å². The summed E-state index contributed by atoms with van der Waals surface area (Å²) >= 11 is 7.36. The molecule has 0 saturated carbocycles. The molecule has 0 amide bonds. The van der Waals surface area contributed by atoms with E-state index in [-0.39, 0.29) is 0 Å². The van der Waals surface area contributed by atoms with Crippen molar-refractivity contribution in [1.82, 2.24) is 4.98 Å². The Labute approximate surface area is 99.2 Å². The van der Waals surface area contributed by atoms with Gasteiger partial charge in [0.1, 0.15) is 5.15 Å². The highest BCUT2D eigenvalue weighted by Crippen LogP contribution is 2.15. The third kappa shape index (κ3) is 4.73. The first-order valence-corrected chi connectivity index (χ1v) is 6.37. The Hall–Kier alpha value is -0.450. The molecule has 1 heterocycles. The molecule has 1 aromatic rings. The van der Waals surface area contributed by atoms with Crippen LogP contribution in [0, 0.1) is 0 Å². The smallest absolute Gasteiger partial charge is 0.131 e. The molecule has 0 fully saturated rings. The van der Waals surface area contributed by atoms with Gasteiger partial charge >= 0.3 is 0 Å². The molecule has 0 radical (unpaired) electrons. The lowest BCUT2D eigenvalue weighted by Gasteiger charge is -2.23. The van der Waals surface area contributed by atoms with E-state index in [1.165, 1.54) is 0 Å². The molecule has 0 saturated heterocycles. The topological polar surface area (TPSA) is 45.1 Å². The Kier molecular flexibility index (Phi) is 4.70. The summed E-state index contributed by atoms with van der Waals surface area (Å²) < 4.78 is 0. The van der Waals surface area contributed by atoms with Gasteiger partial charge < -0.3 is 10.4 Å². The zero-order chi connectivity index (χ0) is 11.3.